The van der Waals surface area contributed by atoms with Gasteiger partial charge in [0.25, 0.3) is 0 Å². The molecular weight excluding hydrogens is 747 g/mol. The zero-order chi connectivity index (χ0) is 40.0. The molecule has 284 valence electrons. The van der Waals surface area contributed by atoms with E-state index in [2.05, 4.69) is 191 Å². The summed E-state index contributed by atoms with van der Waals surface area (Å²) in [4.78, 5) is 16.0. The highest BCUT2D eigenvalue weighted by Crippen LogP contribution is 2.43. The van der Waals surface area contributed by atoms with E-state index in [4.69, 9.17) is 19.4 Å². The van der Waals surface area contributed by atoms with E-state index in [0.29, 0.717) is 17.5 Å². The van der Waals surface area contributed by atoms with Crippen LogP contribution in [-0.2, 0) is 0 Å². The first-order valence-corrected chi connectivity index (χ1v) is 20.5. The molecule has 0 amide bonds. The second kappa shape index (κ2) is 13.1. The maximum absolute atomic E-state index is 6.58. The van der Waals surface area contributed by atoms with Gasteiger partial charge in [0.15, 0.2) is 17.5 Å². The van der Waals surface area contributed by atoms with E-state index in [9.17, 15) is 0 Å². The Labute approximate surface area is 349 Å². The zero-order valence-corrected chi connectivity index (χ0v) is 32.7. The average Bonchev–Trinajstić information content (AvgIpc) is 4.00. The van der Waals surface area contributed by atoms with Gasteiger partial charge in [-0.15, -0.1) is 0 Å². The molecule has 6 nitrogen and oxygen atoms in total. The second-order valence-corrected chi connectivity index (χ2v) is 15.6. The molecule has 0 saturated heterocycles. The van der Waals surface area contributed by atoms with Gasteiger partial charge in [-0.2, -0.15) is 0 Å². The maximum atomic E-state index is 6.58. The zero-order valence-electron chi connectivity index (χ0n) is 32.7. The lowest BCUT2D eigenvalue weighted by Crippen LogP contribution is -2.03. The van der Waals surface area contributed by atoms with E-state index in [-0.39, 0.29) is 0 Å². The van der Waals surface area contributed by atoms with Gasteiger partial charge in [-0.05, 0) is 65.4 Å². The maximum Gasteiger partial charge on any atom is 0.167 e. The molecule has 9 aromatic carbocycles. The summed E-state index contributed by atoms with van der Waals surface area (Å²) >= 11 is 0. The smallest absolute Gasteiger partial charge is 0.167 e. The van der Waals surface area contributed by atoms with Gasteiger partial charge in [0, 0.05) is 49.1 Å². The average molecular weight is 780 g/mol. The summed E-state index contributed by atoms with van der Waals surface area (Å²) in [5.41, 5.74) is 10.7. The number of benzene rings is 9. The molecule has 4 aromatic heterocycles. The number of nitrogens with zero attached hydrogens (tertiary/aromatic N) is 5. The van der Waals surface area contributed by atoms with E-state index in [1.54, 1.807) is 0 Å². The van der Waals surface area contributed by atoms with Crippen LogP contribution in [0.25, 0.3) is 122 Å². The van der Waals surface area contributed by atoms with Crippen LogP contribution in [0, 0.1) is 0 Å². The Balaban J connectivity index is 1.14. The molecule has 0 saturated carbocycles. The third kappa shape index (κ3) is 5.06. The third-order valence-corrected chi connectivity index (χ3v) is 12.2. The van der Waals surface area contributed by atoms with E-state index in [1.165, 1.54) is 10.8 Å². The molecule has 13 aromatic rings. The molecule has 0 aliphatic carbocycles. The summed E-state index contributed by atoms with van der Waals surface area (Å²) in [5.74, 6) is 1.71. The first-order chi connectivity index (χ1) is 30.3. The Morgan fingerprint density at radius 2 is 0.934 bits per heavy atom. The first-order valence-electron chi connectivity index (χ1n) is 20.5. The van der Waals surface area contributed by atoms with E-state index >= 15 is 0 Å². The molecule has 0 fully saturated rings. The number of hydrogen-bond donors (Lipinski definition) is 0. The van der Waals surface area contributed by atoms with Gasteiger partial charge in [0.05, 0.1) is 33.3 Å². The van der Waals surface area contributed by atoms with Crippen molar-refractivity contribution >= 4 is 76.3 Å². The summed E-state index contributed by atoms with van der Waals surface area (Å²) in [6.45, 7) is 0. The number of aromatic nitrogens is 5. The Morgan fingerprint density at radius 1 is 0.361 bits per heavy atom. The van der Waals surface area contributed by atoms with Gasteiger partial charge in [-0.1, -0.05) is 146 Å². The van der Waals surface area contributed by atoms with Gasteiger partial charge in [-0.25, -0.2) is 15.0 Å². The van der Waals surface area contributed by atoms with Gasteiger partial charge >= 0.3 is 0 Å². The molecule has 0 aliphatic rings. The number of rotatable bonds is 5. The highest BCUT2D eigenvalue weighted by molar-refractivity contribution is 6.17. The molecule has 0 spiro atoms. The van der Waals surface area contributed by atoms with Gasteiger partial charge < -0.3 is 13.6 Å². The van der Waals surface area contributed by atoms with Crippen LogP contribution in [0.15, 0.2) is 205 Å². The van der Waals surface area contributed by atoms with E-state index in [1.807, 2.05) is 18.2 Å². The fourth-order valence-corrected chi connectivity index (χ4v) is 9.47. The van der Waals surface area contributed by atoms with E-state index < -0.39 is 0 Å². The summed E-state index contributed by atoms with van der Waals surface area (Å²) in [7, 11) is 0. The van der Waals surface area contributed by atoms with Crippen LogP contribution < -0.4 is 0 Å². The molecule has 0 unspecified atom stereocenters. The highest BCUT2D eigenvalue weighted by Gasteiger charge is 2.24. The minimum atomic E-state index is 0.545. The fourth-order valence-electron chi connectivity index (χ4n) is 9.47. The minimum Gasteiger partial charge on any atom is -0.455 e. The first kappa shape index (κ1) is 33.6. The Morgan fingerprint density at radius 3 is 1.74 bits per heavy atom. The summed E-state index contributed by atoms with van der Waals surface area (Å²) in [5, 5.41) is 8.99. The van der Waals surface area contributed by atoms with Crippen molar-refractivity contribution in [3.8, 4) is 45.5 Å². The van der Waals surface area contributed by atoms with Crippen molar-refractivity contribution in [3.05, 3.63) is 200 Å². The predicted molar refractivity (Wildman–Crippen MR) is 250 cm³/mol. The third-order valence-electron chi connectivity index (χ3n) is 12.2. The normalized spacial score (nSPS) is 11.9. The SMILES string of the molecule is c1ccc(-n2c3ccccc3c3cccc(-n4c5ccccc5c5cccc(-c6nc(-c7ccc8ccccc8c7)nc(-c7cccc8c7oc7ccccc78)n6)c54)c32)cc1. The van der Waals surface area contributed by atoms with E-state index in [0.717, 1.165) is 93.6 Å². The minimum absolute atomic E-state index is 0.545. The summed E-state index contributed by atoms with van der Waals surface area (Å²) in [6, 6.07) is 70.3. The molecule has 0 radical (unpaired) electrons. The monoisotopic (exact) mass is 779 g/mol. The largest absolute Gasteiger partial charge is 0.455 e. The van der Waals surface area contributed by atoms with Gasteiger partial charge in [0.2, 0.25) is 0 Å². The van der Waals surface area contributed by atoms with Gasteiger partial charge in [0.1, 0.15) is 11.2 Å². The van der Waals surface area contributed by atoms with Crippen LogP contribution in [0.5, 0.6) is 0 Å². The highest BCUT2D eigenvalue weighted by atomic mass is 16.3. The number of fused-ring (bicyclic) bond motifs is 10. The van der Waals surface area contributed by atoms with Crippen LogP contribution in [-0.4, -0.2) is 24.1 Å². The van der Waals surface area contributed by atoms with Crippen LogP contribution in [0.1, 0.15) is 0 Å². The molecule has 0 aliphatic heterocycles. The molecule has 13 rings (SSSR count). The predicted octanol–water partition coefficient (Wildman–Crippen LogP) is 14.1. The number of furan rings is 1. The van der Waals surface area contributed by atoms with Crippen molar-refractivity contribution in [2.45, 2.75) is 0 Å². The number of para-hydroxylation sites is 7. The Hall–Kier alpha value is -8.35. The lowest BCUT2D eigenvalue weighted by atomic mass is 10.1. The molecule has 0 bridgehead atoms. The van der Waals surface area contributed by atoms with Crippen LogP contribution in [0.4, 0.5) is 0 Å². The molecule has 6 heteroatoms. The molecule has 4 heterocycles. The standard InChI is InChI=1S/C55H33N5O/c1-2-17-37(18-3-1)59-46-27-9-6-20-39(46)42-23-14-29-48(51(42)59)60-47-28-10-7-19-38(47)41-22-12-25-44(50(41)60)54-56-53(36-32-31-34-15-4-5-16-35(34)33-36)57-55(58-54)45-26-13-24-43-40-21-8-11-30-49(40)61-52(43)45/h1-33H. The molecule has 0 N–H and O–H groups in total. The van der Waals surface area contributed by atoms with Crippen LogP contribution >= 0.6 is 0 Å². The van der Waals surface area contributed by atoms with Crippen molar-refractivity contribution in [1.29, 1.82) is 0 Å². The van der Waals surface area contributed by atoms with Crippen molar-refractivity contribution in [2.24, 2.45) is 0 Å². The quantitative estimate of drug-likeness (QED) is 0.175. The van der Waals surface area contributed by atoms with Crippen LogP contribution in [0.2, 0.25) is 0 Å². The van der Waals surface area contributed by atoms with Gasteiger partial charge in [-0.3, -0.25) is 0 Å². The van der Waals surface area contributed by atoms with Crippen molar-refractivity contribution in [3.63, 3.8) is 0 Å². The summed E-state index contributed by atoms with van der Waals surface area (Å²) in [6.07, 6.45) is 0. The lowest BCUT2D eigenvalue weighted by Gasteiger charge is -2.16. The topological polar surface area (TPSA) is 61.7 Å². The van der Waals surface area contributed by atoms with Crippen molar-refractivity contribution < 1.29 is 4.42 Å². The van der Waals surface area contributed by atoms with Crippen molar-refractivity contribution in [1.82, 2.24) is 24.1 Å². The fraction of sp³-hybridized carbons (Fsp3) is 0. The Kier molecular flexibility index (Phi) is 7.21. The van der Waals surface area contributed by atoms with Crippen LogP contribution in [0.3, 0.4) is 0 Å². The molecule has 0 atom stereocenters. The Bertz CT molecular complexity index is 3890. The summed E-state index contributed by atoms with van der Waals surface area (Å²) < 4.78 is 11.4. The molecular formula is C55H33N5O. The molecule has 61 heavy (non-hydrogen) atoms. The lowest BCUT2D eigenvalue weighted by molar-refractivity contribution is 0.669. The van der Waals surface area contributed by atoms with Crippen molar-refractivity contribution in [2.75, 3.05) is 0 Å². The second-order valence-electron chi connectivity index (χ2n) is 15.6. The number of hydrogen-bond acceptors (Lipinski definition) is 4.